The van der Waals surface area contributed by atoms with Crippen LogP contribution in [0.2, 0.25) is 0 Å². The Hall–Kier alpha value is -1.53. The maximum absolute atomic E-state index is 9.09. The van der Waals surface area contributed by atoms with Crippen LogP contribution >= 0.6 is 0 Å². The van der Waals surface area contributed by atoms with Crippen LogP contribution in [-0.2, 0) is 6.42 Å². The fourth-order valence-corrected chi connectivity index (χ4v) is 2.25. The van der Waals surface area contributed by atoms with Crippen molar-refractivity contribution in [2.45, 2.75) is 13.3 Å². The predicted molar refractivity (Wildman–Crippen MR) is 65.6 cm³/mol. The number of anilines is 1. The molecule has 0 unspecified atom stereocenters. The largest absolute Gasteiger partial charge is 0.369 e. The lowest BCUT2D eigenvalue weighted by Gasteiger charge is -2.31. The first-order chi connectivity index (χ1) is 7.86. The summed E-state index contributed by atoms with van der Waals surface area (Å²) < 4.78 is 0. The molecule has 0 atom stereocenters. The number of hydrogen-bond donors (Lipinski definition) is 1. The molecule has 1 saturated heterocycles. The summed E-state index contributed by atoms with van der Waals surface area (Å²) in [5.41, 5.74) is 3.24. The molecule has 84 valence electrons. The minimum atomic E-state index is 0.818. The highest BCUT2D eigenvalue weighted by molar-refractivity contribution is 5.60. The van der Waals surface area contributed by atoms with Gasteiger partial charge in [0.1, 0.15) is 0 Å². The lowest BCUT2D eigenvalue weighted by atomic mass is 10.0. The maximum atomic E-state index is 9.09. The molecule has 1 aromatic carbocycles. The topological polar surface area (TPSA) is 39.1 Å². The van der Waals surface area contributed by atoms with Crippen molar-refractivity contribution in [2.75, 3.05) is 31.1 Å². The zero-order valence-electron chi connectivity index (χ0n) is 9.66. The van der Waals surface area contributed by atoms with Crippen molar-refractivity contribution in [3.63, 3.8) is 0 Å². The predicted octanol–water partition coefficient (Wildman–Crippen LogP) is 1.53. The van der Waals surface area contributed by atoms with Gasteiger partial charge in [-0.15, -0.1) is 0 Å². The molecule has 16 heavy (non-hydrogen) atoms. The summed E-state index contributed by atoms with van der Waals surface area (Å²) in [7, 11) is 0. The highest BCUT2D eigenvalue weighted by atomic mass is 15.2. The van der Waals surface area contributed by atoms with E-state index in [-0.39, 0.29) is 0 Å². The van der Waals surface area contributed by atoms with E-state index in [0.717, 1.165) is 38.2 Å². The average Bonchev–Trinajstić information content (AvgIpc) is 2.38. The first kappa shape index (κ1) is 11.0. The van der Waals surface area contributed by atoms with E-state index in [1.165, 1.54) is 11.3 Å². The van der Waals surface area contributed by atoms with Crippen LogP contribution in [0.15, 0.2) is 18.2 Å². The van der Waals surface area contributed by atoms with E-state index in [1.807, 2.05) is 12.1 Å². The Morgan fingerprint density at radius 2 is 2.12 bits per heavy atom. The summed E-state index contributed by atoms with van der Waals surface area (Å²) in [6.07, 6.45) is 0.920. The van der Waals surface area contributed by atoms with Crippen LogP contribution in [0, 0.1) is 11.3 Å². The van der Waals surface area contributed by atoms with E-state index in [1.54, 1.807) is 0 Å². The summed E-state index contributed by atoms with van der Waals surface area (Å²) in [5.74, 6) is 0. The van der Waals surface area contributed by atoms with Crippen LogP contribution in [0.1, 0.15) is 18.1 Å². The Morgan fingerprint density at radius 3 is 2.75 bits per heavy atom. The molecule has 0 amide bonds. The normalized spacial score (nSPS) is 15.9. The third-order valence-electron chi connectivity index (χ3n) is 3.08. The number of hydrogen-bond acceptors (Lipinski definition) is 3. The summed E-state index contributed by atoms with van der Waals surface area (Å²) in [5, 5.41) is 12.4. The number of nitrogens with one attached hydrogen (secondary N) is 1. The van der Waals surface area contributed by atoms with Crippen LogP contribution < -0.4 is 10.2 Å². The van der Waals surface area contributed by atoms with Crippen molar-refractivity contribution in [3.8, 4) is 6.07 Å². The zero-order valence-corrected chi connectivity index (χ0v) is 9.66. The zero-order chi connectivity index (χ0) is 11.4. The molecule has 0 aromatic heterocycles. The molecule has 1 heterocycles. The molecule has 1 aromatic rings. The minimum Gasteiger partial charge on any atom is -0.369 e. The van der Waals surface area contributed by atoms with Gasteiger partial charge < -0.3 is 10.2 Å². The van der Waals surface area contributed by atoms with Crippen LogP contribution in [0.25, 0.3) is 0 Å². The summed E-state index contributed by atoms with van der Waals surface area (Å²) in [6.45, 7) is 6.23. The summed E-state index contributed by atoms with van der Waals surface area (Å²) >= 11 is 0. The molecule has 3 heteroatoms. The number of benzene rings is 1. The van der Waals surface area contributed by atoms with Crippen molar-refractivity contribution in [3.05, 3.63) is 29.3 Å². The number of rotatable bonds is 2. The van der Waals surface area contributed by atoms with E-state index in [2.05, 4.69) is 29.3 Å². The molecule has 1 aliphatic heterocycles. The fourth-order valence-electron chi connectivity index (χ4n) is 2.25. The Labute approximate surface area is 96.7 Å². The lowest BCUT2D eigenvalue weighted by Crippen LogP contribution is -2.43. The van der Waals surface area contributed by atoms with Crippen molar-refractivity contribution >= 4 is 5.69 Å². The Morgan fingerprint density at radius 1 is 1.38 bits per heavy atom. The Balaban J connectivity index is 2.35. The first-order valence-electron chi connectivity index (χ1n) is 5.84. The van der Waals surface area contributed by atoms with Gasteiger partial charge in [0.25, 0.3) is 0 Å². The van der Waals surface area contributed by atoms with Gasteiger partial charge in [0, 0.05) is 31.9 Å². The van der Waals surface area contributed by atoms with Gasteiger partial charge in [-0.25, -0.2) is 0 Å². The van der Waals surface area contributed by atoms with Crippen molar-refractivity contribution in [1.29, 1.82) is 5.26 Å². The van der Waals surface area contributed by atoms with E-state index < -0.39 is 0 Å². The molecule has 3 nitrogen and oxygen atoms in total. The van der Waals surface area contributed by atoms with Gasteiger partial charge in [-0.2, -0.15) is 5.26 Å². The molecule has 2 rings (SSSR count). The van der Waals surface area contributed by atoms with E-state index in [0.29, 0.717) is 0 Å². The maximum Gasteiger partial charge on any atom is 0.0995 e. The van der Waals surface area contributed by atoms with Crippen molar-refractivity contribution in [2.24, 2.45) is 0 Å². The highest BCUT2D eigenvalue weighted by Gasteiger charge is 2.15. The molecular formula is C13H17N3. The molecule has 1 aliphatic rings. The van der Waals surface area contributed by atoms with Gasteiger partial charge >= 0.3 is 0 Å². The van der Waals surface area contributed by atoms with Gasteiger partial charge in [-0.05, 0) is 24.1 Å². The molecule has 0 spiro atoms. The molecule has 0 radical (unpaired) electrons. The van der Waals surface area contributed by atoms with Gasteiger partial charge in [0.05, 0.1) is 11.6 Å². The monoisotopic (exact) mass is 215 g/mol. The third kappa shape index (κ3) is 2.02. The minimum absolute atomic E-state index is 0.818. The Kier molecular flexibility index (Phi) is 3.43. The van der Waals surface area contributed by atoms with E-state index in [9.17, 15) is 0 Å². The second-order valence-corrected chi connectivity index (χ2v) is 4.01. The van der Waals surface area contributed by atoms with Crippen LogP contribution in [0.4, 0.5) is 5.69 Å². The number of nitriles is 1. The van der Waals surface area contributed by atoms with E-state index in [4.69, 9.17) is 5.26 Å². The van der Waals surface area contributed by atoms with Gasteiger partial charge in [0.15, 0.2) is 0 Å². The van der Waals surface area contributed by atoms with Crippen molar-refractivity contribution in [1.82, 2.24) is 5.32 Å². The quantitative estimate of drug-likeness (QED) is 0.813. The van der Waals surface area contributed by atoms with Crippen molar-refractivity contribution < 1.29 is 0 Å². The standard InChI is InChI=1S/C13H17N3/c1-2-12-11(10-14)4-3-5-13(12)16-8-6-15-7-9-16/h3-5,15H,2,6-9H2,1H3. The second-order valence-electron chi connectivity index (χ2n) is 4.01. The molecule has 1 N–H and O–H groups in total. The molecule has 0 saturated carbocycles. The van der Waals surface area contributed by atoms with E-state index >= 15 is 0 Å². The summed E-state index contributed by atoms with van der Waals surface area (Å²) in [6, 6.07) is 8.30. The second kappa shape index (κ2) is 5.00. The fraction of sp³-hybridized carbons (Fsp3) is 0.462. The van der Waals surface area contributed by atoms with Gasteiger partial charge in [-0.1, -0.05) is 13.0 Å². The first-order valence-corrected chi connectivity index (χ1v) is 5.84. The smallest absolute Gasteiger partial charge is 0.0995 e. The van der Waals surface area contributed by atoms with Crippen LogP contribution in [-0.4, -0.2) is 26.2 Å². The van der Waals surface area contributed by atoms with Crippen LogP contribution in [0.3, 0.4) is 0 Å². The number of piperazine rings is 1. The lowest BCUT2D eigenvalue weighted by molar-refractivity contribution is 0.588. The Bertz CT molecular complexity index is 400. The molecule has 0 bridgehead atoms. The molecular weight excluding hydrogens is 198 g/mol. The van der Waals surface area contributed by atoms with Crippen LogP contribution in [0.5, 0.6) is 0 Å². The highest BCUT2D eigenvalue weighted by Crippen LogP contribution is 2.24. The number of nitrogens with zero attached hydrogens (tertiary/aromatic N) is 2. The van der Waals surface area contributed by atoms with Gasteiger partial charge in [0.2, 0.25) is 0 Å². The third-order valence-corrected chi connectivity index (χ3v) is 3.08. The summed E-state index contributed by atoms with van der Waals surface area (Å²) in [4.78, 5) is 2.37. The van der Waals surface area contributed by atoms with Gasteiger partial charge in [-0.3, -0.25) is 0 Å². The SMILES string of the molecule is CCc1c(C#N)cccc1N1CCNCC1. The molecule has 0 aliphatic carbocycles. The average molecular weight is 215 g/mol. The molecule has 1 fully saturated rings.